The van der Waals surface area contributed by atoms with Gasteiger partial charge in [-0.25, -0.2) is 4.79 Å². The summed E-state index contributed by atoms with van der Waals surface area (Å²) in [4.78, 5) is 44.3. The van der Waals surface area contributed by atoms with Crippen LogP contribution >= 0.6 is 7.60 Å². The number of unbranched alkanes of at least 4 members (excludes halogenated alkanes) is 15. The van der Waals surface area contributed by atoms with Crippen molar-refractivity contribution in [2.75, 3.05) is 26.2 Å². The highest BCUT2D eigenvalue weighted by Gasteiger charge is 2.14. The van der Waals surface area contributed by atoms with Gasteiger partial charge in [0.2, 0.25) is 0 Å². The number of benzene rings is 1. The van der Waals surface area contributed by atoms with Crippen LogP contribution in [0.25, 0.3) is 0 Å². The topological polar surface area (TPSA) is 120 Å². The van der Waals surface area contributed by atoms with Crippen LogP contribution in [0.15, 0.2) is 46.1 Å². The van der Waals surface area contributed by atoms with E-state index in [1.165, 1.54) is 99.0 Å². The minimum Gasteiger partial charge on any atom is -0.380 e. The summed E-state index contributed by atoms with van der Waals surface area (Å²) in [5, 5.41) is 0. The van der Waals surface area contributed by atoms with Gasteiger partial charge in [-0.2, -0.15) is 0 Å². The number of aromatic nitrogens is 2. The maximum Gasteiger partial charge on any atom is 0.350 e. The molecule has 0 saturated heterocycles. The summed E-state index contributed by atoms with van der Waals surface area (Å²) in [7, 11) is -4.30. The van der Waals surface area contributed by atoms with Gasteiger partial charge in [0, 0.05) is 18.4 Å². The van der Waals surface area contributed by atoms with Crippen LogP contribution in [0.3, 0.4) is 0 Å². The summed E-state index contributed by atoms with van der Waals surface area (Å²) < 4.78 is 24.5. The molecule has 0 aliphatic heterocycles. The fourth-order valence-corrected chi connectivity index (χ4v) is 5.89. The first-order valence-electron chi connectivity index (χ1n) is 17.4. The predicted octanol–water partition coefficient (Wildman–Crippen LogP) is 7.23. The predicted molar refractivity (Wildman–Crippen MR) is 182 cm³/mol. The molecule has 1 heterocycles. The van der Waals surface area contributed by atoms with E-state index in [4.69, 9.17) is 19.3 Å². The second-order valence-corrected chi connectivity index (χ2v) is 13.8. The van der Waals surface area contributed by atoms with E-state index in [1.807, 2.05) is 30.3 Å². The highest BCUT2D eigenvalue weighted by atomic mass is 31.2. The zero-order valence-electron chi connectivity index (χ0n) is 27.7. The Balaban J connectivity index is 1.67. The first-order chi connectivity index (χ1) is 21.8. The molecule has 256 valence electrons. The van der Waals surface area contributed by atoms with E-state index < -0.39 is 19.6 Å². The van der Waals surface area contributed by atoms with E-state index in [1.54, 1.807) is 6.20 Å². The fraction of sp³-hybridized carbons (Fsp3) is 0.714. The van der Waals surface area contributed by atoms with Gasteiger partial charge in [0.15, 0.2) is 0 Å². The van der Waals surface area contributed by atoms with Crippen molar-refractivity contribution in [1.82, 2.24) is 9.13 Å². The van der Waals surface area contributed by atoms with Crippen LogP contribution in [0.5, 0.6) is 0 Å². The summed E-state index contributed by atoms with van der Waals surface area (Å²) in [5.74, 6) is 0. The van der Waals surface area contributed by atoms with Crippen molar-refractivity contribution in [3.63, 3.8) is 0 Å². The lowest BCUT2D eigenvalue weighted by molar-refractivity contribution is 0.119. The van der Waals surface area contributed by atoms with Crippen LogP contribution in [0.2, 0.25) is 0 Å². The first-order valence-corrected chi connectivity index (χ1v) is 19.2. The molecule has 0 bridgehead atoms. The molecule has 0 radical (unpaired) electrons. The van der Waals surface area contributed by atoms with Crippen LogP contribution in [0.1, 0.15) is 121 Å². The van der Waals surface area contributed by atoms with Crippen LogP contribution in [-0.2, 0) is 40.0 Å². The Morgan fingerprint density at radius 3 is 1.76 bits per heavy atom. The molecule has 10 heteroatoms. The van der Waals surface area contributed by atoms with Crippen molar-refractivity contribution >= 4 is 7.60 Å². The monoisotopic (exact) mass is 650 g/mol. The molecule has 9 nitrogen and oxygen atoms in total. The van der Waals surface area contributed by atoms with Gasteiger partial charge < -0.3 is 19.3 Å². The highest BCUT2D eigenvalue weighted by molar-refractivity contribution is 7.51. The van der Waals surface area contributed by atoms with Gasteiger partial charge in [0.05, 0.1) is 26.3 Å². The average Bonchev–Trinajstić information content (AvgIpc) is 3.02. The molecule has 0 aliphatic carbocycles. The molecule has 0 fully saturated rings. The zero-order valence-corrected chi connectivity index (χ0v) is 28.6. The molecule has 0 amide bonds. The van der Waals surface area contributed by atoms with Gasteiger partial charge in [-0.05, 0) is 24.8 Å². The third kappa shape index (κ3) is 18.6. The van der Waals surface area contributed by atoms with Gasteiger partial charge in [-0.1, -0.05) is 134 Å². The molecular weight excluding hydrogens is 591 g/mol. The van der Waals surface area contributed by atoms with Crippen molar-refractivity contribution in [2.45, 2.75) is 136 Å². The number of ether oxygens (including phenoxy) is 2. The van der Waals surface area contributed by atoms with E-state index in [-0.39, 0.29) is 31.9 Å². The quantitative estimate of drug-likeness (QED) is 0.0737. The lowest BCUT2D eigenvalue weighted by Gasteiger charge is -2.14. The van der Waals surface area contributed by atoms with Crippen LogP contribution in [0, 0.1) is 0 Å². The molecule has 0 atom stereocenters. The minimum absolute atomic E-state index is 0.0584. The molecule has 2 aromatic rings. The summed E-state index contributed by atoms with van der Waals surface area (Å²) in [6, 6.07) is 9.83. The van der Waals surface area contributed by atoms with E-state index in [9.17, 15) is 14.2 Å². The zero-order chi connectivity index (χ0) is 32.6. The van der Waals surface area contributed by atoms with Gasteiger partial charge in [-0.15, -0.1) is 0 Å². The molecular formula is C35H59N2O7P. The largest absolute Gasteiger partial charge is 0.380 e. The molecule has 2 rings (SSSR count). The SMILES string of the molecule is CCCCCCCCCCCCCCCCCCOCCn1c(=O)c(CCc2ccccc2)cn(CCOCP(=O)(O)O)c1=O. The molecule has 0 aliphatic rings. The summed E-state index contributed by atoms with van der Waals surface area (Å²) in [6.45, 7) is 3.31. The Labute approximate surface area is 270 Å². The molecule has 1 aromatic carbocycles. The molecule has 2 N–H and O–H groups in total. The number of rotatable bonds is 28. The number of hydrogen-bond acceptors (Lipinski definition) is 5. The van der Waals surface area contributed by atoms with Gasteiger partial charge in [0.1, 0.15) is 6.35 Å². The highest BCUT2D eigenvalue weighted by Crippen LogP contribution is 2.33. The Morgan fingerprint density at radius 1 is 0.667 bits per heavy atom. The lowest BCUT2D eigenvalue weighted by Crippen LogP contribution is -2.42. The van der Waals surface area contributed by atoms with E-state index in [2.05, 4.69) is 6.92 Å². The molecule has 45 heavy (non-hydrogen) atoms. The van der Waals surface area contributed by atoms with Crippen molar-refractivity contribution in [3.8, 4) is 0 Å². The van der Waals surface area contributed by atoms with Crippen LogP contribution < -0.4 is 11.2 Å². The van der Waals surface area contributed by atoms with Gasteiger partial charge in [-0.3, -0.25) is 18.5 Å². The van der Waals surface area contributed by atoms with Crippen molar-refractivity contribution < 1.29 is 23.8 Å². The van der Waals surface area contributed by atoms with E-state index in [0.29, 0.717) is 25.0 Å². The Bertz CT molecular complexity index is 1190. The number of hydrogen-bond donors (Lipinski definition) is 2. The second-order valence-electron chi connectivity index (χ2n) is 12.2. The normalized spacial score (nSPS) is 11.8. The maximum absolute atomic E-state index is 13.2. The second kappa shape index (κ2) is 24.2. The minimum atomic E-state index is -4.30. The van der Waals surface area contributed by atoms with Gasteiger partial charge in [0.25, 0.3) is 5.56 Å². The smallest absolute Gasteiger partial charge is 0.350 e. The molecule has 0 spiro atoms. The van der Waals surface area contributed by atoms with Crippen molar-refractivity contribution in [3.05, 3.63) is 68.5 Å². The molecule has 1 aromatic heterocycles. The Kier molecular flexibility index (Phi) is 21.0. The van der Waals surface area contributed by atoms with Crippen molar-refractivity contribution in [2.24, 2.45) is 0 Å². The fourth-order valence-electron chi connectivity index (χ4n) is 5.52. The third-order valence-corrected chi connectivity index (χ3v) is 8.69. The molecule has 0 saturated carbocycles. The number of aryl methyl sites for hydroxylation is 2. The van der Waals surface area contributed by atoms with Crippen LogP contribution in [-0.4, -0.2) is 45.1 Å². The Hall–Kier alpha value is -2.03. The summed E-state index contributed by atoms with van der Waals surface area (Å²) >= 11 is 0. The van der Waals surface area contributed by atoms with E-state index in [0.717, 1.165) is 18.4 Å². The van der Waals surface area contributed by atoms with Crippen LogP contribution in [0.4, 0.5) is 0 Å². The summed E-state index contributed by atoms with van der Waals surface area (Å²) in [5.41, 5.74) is 0.795. The average molecular weight is 651 g/mol. The number of nitrogens with zero attached hydrogens (tertiary/aromatic N) is 2. The summed E-state index contributed by atoms with van der Waals surface area (Å²) in [6.07, 6.45) is 23.0. The van der Waals surface area contributed by atoms with Crippen molar-refractivity contribution in [1.29, 1.82) is 0 Å². The maximum atomic E-state index is 13.2. The van der Waals surface area contributed by atoms with Gasteiger partial charge >= 0.3 is 13.3 Å². The first kappa shape index (κ1) is 39.1. The Morgan fingerprint density at radius 2 is 1.20 bits per heavy atom. The third-order valence-electron chi connectivity index (χ3n) is 8.17. The standard InChI is InChI=1S/C35H59N2O7P/c1-2-3-4-5-6-7-8-9-10-11-12-13-14-15-16-20-27-43-29-26-37-34(38)33(24-23-32-21-18-17-19-22-32)30-36(35(37)39)25-28-44-31-45(40,41)42/h17-19,21-22,30H,2-16,20,23-29,31H2,1H3,(H2,40,41,42). The molecule has 0 unspecified atom stereocenters. The lowest BCUT2D eigenvalue weighted by atomic mass is 10.0. The van der Waals surface area contributed by atoms with E-state index >= 15 is 0 Å².